The van der Waals surface area contributed by atoms with E-state index in [1.165, 1.54) is 0 Å². The van der Waals surface area contributed by atoms with Gasteiger partial charge in [0.2, 0.25) is 5.95 Å². The van der Waals surface area contributed by atoms with Crippen molar-refractivity contribution in [2.24, 2.45) is 0 Å². The van der Waals surface area contributed by atoms with Crippen LogP contribution >= 0.6 is 0 Å². The first-order valence-electron chi connectivity index (χ1n) is 9.39. The molecular weight excluding hydrogens is 370 g/mol. The van der Waals surface area contributed by atoms with Crippen LogP contribution in [0.4, 0.5) is 5.95 Å². The van der Waals surface area contributed by atoms with Gasteiger partial charge in [-0.05, 0) is 25.1 Å². The average Bonchev–Trinajstić information content (AvgIpc) is 3.10. The molecule has 0 saturated carbocycles. The number of imidazole rings is 1. The van der Waals surface area contributed by atoms with Gasteiger partial charge in [0.25, 0.3) is 0 Å². The second kappa shape index (κ2) is 7.97. The first kappa shape index (κ1) is 19.0. The van der Waals surface area contributed by atoms with Gasteiger partial charge in [-0.2, -0.15) is 0 Å². The van der Waals surface area contributed by atoms with Crippen molar-refractivity contribution in [2.45, 2.75) is 13.0 Å². The highest BCUT2D eigenvalue weighted by Gasteiger charge is 2.36. The van der Waals surface area contributed by atoms with Crippen molar-refractivity contribution in [1.82, 2.24) is 9.55 Å². The Balaban J connectivity index is 1.91. The predicted molar refractivity (Wildman–Crippen MR) is 110 cm³/mol. The molecule has 29 heavy (non-hydrogen) atoms. The number of para-hydroxylation sites is 3. The lowest BCUT2D eigenvalue weighted by atomic mass is 9.94. The molecule has 4 rings (SSSR count). The van der Waals surface area contributed by atoms with Crippen molar-refractivity contribution in [3.8, 4) is 5.75 Å². The third-order valence-corrected chi connectivity index (χ3v) is 5.00. The van der Waals surface area contributed by atoms with E-state index in [9.17, 15) is 4.79 Å². The van der Waals surface area contributed by atoms with Crippen LogP contribution in [0, 0.1) is 0 Å². The van der Waals surface area contributed by atoms with Crippen molar-refractivity contribution in [2.75, 3.05) is 32.8 Å². The summed E-state index contributed by atoms with van der Waals surface area (Å²) in [4.78, 5) is 17.8. The van der Waals surface area contributed by atoms with E-state index in [4.69, 9.17) is 19.2 Å². The van der Waals surface area contributed by atoms with Crippen LogP contribution in [0.3, 0.4) is 0 Å². The molecule has 0 spiro atoms. The number of nitrogens with one attached hydrogen (secondary N) is 1. The number of rotatable bonds is 6. The molecule has 0 bridgehead atoms. The summed E-state index contributed by atoms with van der Waals surface area (Å²) in [5, 5.41) is 3.27. The Labute approximate surface area is 168 Å². The Bertz CT molecular complexity index is 1090. The van der Waals surface area contributed by atoms with Gasteiger partial charge in [0.15, 0.2) is 0 Å². The highest BCUT2D eigenvalue weighted by molar-refractivity contribution is 5.94. The third kappa shape index (κ3) is 3.34. The number of fused-ring (bicyclic) bond motifs is 3. The fourth-order valence-corrected chi connectivity index (χ4v) is 3.71. The van der Waals surface area contributed by atoms with E-state index in [0.29, 0.717) is 29.6 Å². The number of aromatic nitrogens is 2. The number of anilines is 1. The second-order valence-corrected chi connectivity index (χ2v) is 6.73. The van der Waals surface area contributed by atoms with Crippen molar-refractivity contribution in [3.63, 3.8) is 0 Å². The minimum Gasteiger partial charge on any atom is -0.496 e. The zero-order chi connectivity index (χ0) is 20.4. The molecule has 0 saturated heterocycles. The highest BCUT2D eigenvalue weighted by atomic mass is 16.6. The molecule has 1 aliphatic rings. The summed E-state index contributed by atoms with van der Waals surface area (Å²) in [5.74, 6) is 0.970. The zero-order valence-electron chi connectivity index (χ0n) is 16.6. The summed E-state index contributed by atoms with van der Waals surface area (Å²) in [6.07, 6.45) is 0. The van der Waals surface area contributed by atoms with Crippen molar-refractivity contribution < 1.29 is 19.0 Å². The van der Waals surface area contributed by atoms with Gasteiger partial charge in [0.1, 0.15) is 12.4 Å². The van der Waals surface area contributed by atoms with Crippen LogP contribution in [0.2, 0.25) is 0 Å². The molecule has 7 nitrogen and oxygen atoms in total. The number of carbonyl (C=O) groups excluding carboxylic acids is 1. The van der Waals surface area contributed by atoms with Gasteiger partial charge in [0, 0.05) is 18.4 Å². The summed E-state index contributed by atoms with van der Waals surface area (Å²) in [6.45, 7) is 2.38. The molecule has 0 amide bonds. The lowest BCUT2D eigenvalue weighted by molar-refractivity contribution is -0.140. The monoisotopic (exact) mass is 393 g/mol. The Kier molecular flexibility index (Phi) is 5.22. The number of hydrogen-bond acceptors (Lipinski definition) is 6. The van der Waals surface area contributed by atoms with E-state index in [1.54, 1.807) is 14.2 Å². The van der Waals surface area contributed by atoms with E-state index < -0.39 is 12.0 Å². The maximum absolute atomic E-state index is 13.1. The van der Waals surface area contributed by atoms with Crippen LogP contribution in [-0.2, 0) is 14.3 Å². The Morgan fingerprint density at radius 1 is 1.10 bits per heavy atom. The number of carbonyl (C=O) groups is 1. The third-order valence-electron chi connectivity index (χ3n) is 5.00. The number of methoxy groups -OCH3 is 2. The largest absolute Gasteiger partial charge is 0.496 e. The van der Waals surface area contributed by atoms with Crippen LogP contribution in [-0.4, -0.2) is 43.0 Å². The zero-order valence-corrected chi connectivity index (χ0v) is 16.6. The quantitative estimate of drug-likeness (QED) is 0.510. The van der Waals surface area contributed by atoms with Crippen LogP contribution in [0.25, 0.3) is 11.0 Å². The van der Waals surface area contributed by atoms with Gasteiger partial charge in [-0.15, -0.1) is 0 Å². The summed E-state index contributed by atoms with van der Waals surface area (Å²) in [7, 11) is 3.20. The average molecular weight is 393 g/mol. The maximum Gasteiger partial charge on any atom is 0.338 e. The molecule has 0 fully saturated rings. The number of benzene rings is 2. The van der Waals surface area contributed by atoms with E-state index in [-0.39, 0.29) is 6.61 Å². The lowest BCUT2D eigenvalue weighted by Crippen LogP contribution is -2.29. The standard InChI is InChI=1S/C22H23N3O4/c1-14-19(21(26)29-13-12-27-2)20(15-8-4-7-11-18(15)28-3)25-17-10-6-5-9-16(17)24-22(25)23-14/h4-11,20H,12-13H2,1-3H3,(H,23,24)/t20-/m1/s1. The van der Waals surface area contributed by atoms with Gasteiger partial charge in [-0.3, -0.25) is 4.57 Å². The molecule has 3 aromatic rings. The van der Waals surface area contributed by atoms with E-state index >= 15 is 0 Å². The smallest absolute Gasteiger partial charge is 0.338 e. The van der Waals surface area contributed by atoms with E-state index in [1.807, 2.05) is 60.0 Å². The van der Waals surface area contributed by atoms with E-state index in [0.717, 1.165) is 16.6 Å². The molecule has 2 aromatic carbocycles. The number of hydrogen-bond donors (Lipinski definition) is 1. The Morgan fingerprint density at radius 2 is 1.86 bits per heavy atom. The molecule has 2 heterocycles. The minimum atomic E-state index is -0.440. The molecule has 1 atom stereocenters. The maximum atomic E-state index is 13.1. The van der Waals surface area contributed by atoms with Gasteiger partial charge in [0.05, 0.1) is 36.4 Å². The molecule has 0 radical (unpaired) electrons. The normalized spacial score (nSPS) is 15.8. The van der Waals surface area contributed by atoms with Gasteiger partial charge >= 0.3 is 5.97 Å². The lowest BCUT2D eigenvalue weighted by Gasteiger charge is -2.31. The van der Waals surface area contributed by atoms with Crippen molar-refractivity contribution >= 4 is 23.0 Å². The van der Waals surface area contributed by atoms with E-state index in [2.05, 4.69) is 5.32 Å². The fourth-order valence-electron chi connectivity index (χ4n) is 3.71. The molecule has 1 N–H and O–H groups in total. The van der Waals surface area contributed by atoms with Gasteiger partial charge < -0.3 is 19.5 Å². The van der Waals surface area contributed by atoms with Crippen LogP contribution in [0.5, 0.6) is 5.75 Å². The minimum absolute atomic E-state index is 0.183. The summed E-state index contributed by atoms with van der Waals surface area (Å²) in [5.41, 5.74) is 3.84. The number of ether oxygens (including phenoxy) is 3. The molecule has 0 unspecified atom stereocenters. The predicted octanol–water partition coefficient (Wildman–Crippen LogP) is 3.52. The van der Waals surface area contributed by atoms with Gasteiger partial charge in [-0.1, -0.05) is 30.3 Å². The fraction of sp³-hybridized carbons (Fsp3) is 0.273. The van der Waals surface area contributed by atoms with Crippen LogP contribution < -0.4 is 10.1 Å². The first-order chi connectivity index (χ1) is 14.2. The number of allylic oxidation sites excluding steroid dienone is 1. The molecule has 0 aliphatic carbocycles. The SMILES string of the molecule is COCCOC(=O)C1=C(C)Nc2nc3ccccc3n2[C@@H]1c1ccccc1OC. The van der Waals surface area contributed by atoms with Crippen molar-refractivity contribution in [3.05, 3.63) is 65.4 Å². The van der Waals surface area contributed by atoms with Crippen LogP contribution in [0.15, 0.2) is 59.8 Å². The van der Waals surface area contributed by atoms with Crippen molar-refractivity contribution in [1.29, 1.82) is 0 Å². The van der Waals surface area contributed by atoms with Gasteiger partial charge in [-0.25, -0.2) is 9.78 Å². The molecule has 150 valence electrons. The van der Waals surface area contributed by atoms with Crippen LogP contribution in [0.1, 0.15) is 18.5 Å². The molecule has 1 aromatic heterocycles. The number of nitrogens with zero attached hydrogens (tertiary/aromatic N) is 2. The highest BCUT2D eigenvalue weighted by Crippen LogP contribution is 2.42. The number of esters is 1. The summed E-state index contributed by atoms with van der Waals surface area (Å²) in [6, 6.07) is 15.1. The summed E-state index contributed by atoms with van der Waals surface area (Å²) >= 11 is 0. The molecule has 1 aliphatic heterocycles. The summed E-state index contributed by atoms with van der Waals surface area (Å²) < 4.78 is 18.1. The Morgan fingerprint density at radius 3 is 2.66 bits per heavy atom. The Hall–Kier alpha value is -3.32. The first-order valence-corrected chi connectivity index (χ1v) is 9.39. The molecular formula is C22H23N3O4. The second-order valence-electron chi connectivity index (χ2n) is 6.73. The molecule has 7 heteroatoms. The topological polar surface area (TPSA) is 74.6 Å².